The van der Waals surface area contributed by atoms with Crippen molar-refractivity contribution >= 4 is 11.3 Å². The van der Waals surface area contributed by atoms with Gasteiger partial charge in [-0.15, -0.1) is 11.3 Å². The minimum atomic E-state index is 0.495. The van der Waals surface area contributed by atoms with Crippen LogP contribution in [0.5, 0.6) is 0 Å². The van der Waals surface area contributed by atoms with Crippen LogP contribution in [0.1, 0.15) is 34.6 Å². The molecule has 1 saturated carbocycles. The van der Waals surface area contributed by atoms with Crippen molar-refractivity contribution in [2.45, 2.75) is 51.8 Å². The first kappa shape index (κ1) is 11.7. The molecule has 0 bridgehead atoms. The molecule has 2 aliphatic rings. The van der Waals surface area contributed by atoms with Gasteiger partial charge in [-0.1, -0.05) is 0 Å². The van der Waals surface area contributed by atoms with Gasteiger partial charge < -0.3 is 10.1 Å². The molecule has 2 unspecified atom stereocenters. The van der Waals surface area contributed by atoms with Gasteiger partial charge in [0.2, 0.25) is 0 Å². The maximum atomic E-state index is 5.85. The largest absolute Gasteiger partial charge is 0.376 e. The van der Waals surface area contributed by atoms with E-state index >= 15 is 0 Å². The number of rotatable bonds is 4. The number of aryl methyl sites for hydroxylation is 2. The van der Waals surface area contributed by atoms with Crippen LogP contribution >= 0.6 is 11.3 Å². The van der Waals surface area contributed by atoms with E-state index in [4.69, 9.17) is 4.74 Å². The Morgan fingerprint density at radius 3 is 2.82 bits per heavy atom. The molecule has 1 N–H and O–H groups in total. The van der Waals surface area contributed by atoms with Gasteiger partial charge in [0.05, 0.1) is 6.10 Å². The molecule has 0 spiro atoms. The van der Waals surface area contributed by atoms with Gasteiger partial charge >= 0.3 is 0 Å². The van der Waals surface area contributed by atoms with Gasteiger partial charge in [-0.25, -0.2) is 0 Å². The number of hydrogen-bond donors (Lipinski definition) is 1. The van der Waals surface area contributed by atoms with E-state index in [0.717, 1.165) is 19.1 Å². The third kappa shape index (κ3) is 2.56. The zero-order chi connectivity index (χ0) is 11.8. The van der Waals surface area contributed by atoms with Crippen LogP contribution in [0.15, 0.2) is 6.07 Å². The van der Waals surface area contributed by atoms with Crippen molar-refractivity contribution in [3.05, 3.63) is 21.4 Å². The Labute approximate surface area is 107 Å². The maximum absolute atomic E-state index is 5.85. The standard InChI is InChI=1S/C14H21NOS/c1-9-7-12(10(2)17-9)8-15-13-5-6-16-14(13)11-3-4-11/h7,11,13-15H,3-6,8H2,1-2H3. The van der Waals surface area contributed by atoms with Gasteiger partial charge in [-0.2, -0.15) is 0 Å². The first-order chi connectivity index (χ1) is 8.24. The maximum Gasteiger partial charge on any atom is 0.0757 e. The molecule has 1 aromatic rings. The molecule has 1 aromatic heterocycles. The summed E-state index contributed by atoms with van der Waals surface area (Å²) in [7, 11) is 0. The normalized spacial score (nSPS) is 28.8. The fourth-order valence-electron chi connectivity index (χ4n) is 2.82. The first-order valence-electron chi connectivity index (χ1n) is 6.65. The van der Waals surface area contributed by atoms with E-state index in [9.17, 15) is 0 Å². The minimum Gasteiger partial charge on any atom is -0.376 e. The minimum absolute atomic E-state index is 0.495. The fourth-order valence-corrected chi connectivity index (χ4v) is 3.77. The molecule has 1 aliphatic heterocycles. The van der Waals surface area contributed by atoms with Crippen LogP contribution in [0.4, 0.5) is 0 Å². The summed E-state index contributed by atoms with van der Waals surface area (Å²) in [5.74, 6) is 0.848. The van der Waals surface area contributed by atoms with Crippen LogP contribution < -0.4 is 5.32 Å². The van der Waals surface area contributed by atoms with E-state index in [1.807, 2.05) is 11.3 Å². The lowest BCUT2D eigenvalue weighted by molar-refractivity contribution is 0.0809. The predicted molar refractivity (Wildman–Crippen MR) is 71.5 cm³/mol. The number of thiophene rings is 1. The van der Waals surface area contributed by atoms with Gasteiger partial charge in [-0.3, -0.25) is 0 Å². The highest BCUT2D eigenvalue weighted by molar-refractivity contribution is 7.12. The summed E-state index contributed by atoms with van der Waals surface area (Å²) < 4.78 is 5.85. The van der Waals surface area contributed by atoms with E-state index in [0.29, 0.717) is 12.1 Å². The summed E-state index contributed by atoms with van der Waals surface area (Å²) in [6.07, 6.45) is 4.43. The van der Waals surface area contributed by atoms with Crippen molar-refractivity contribution < 1.29 is 4.74 Å². The molecule has 0 amide bonds. The first-order valence-corrected chi connectivity index (χ1v) is 7.46. The average Bonchev–Trinajstić information content (AvgIpc) is 2.94. The lowest BCUT2D eigenvalue weighted by Gasteiger charge is -2.19. The molecule has 17 heavy (non-hydrogen) atoms. The zero-order valence-electron chi connectivity index (χ0n) is 10.7. The molecule has 1 saturated heterocycles. The van der Waals surface area contributed by atoms with Crippen molar-refractivity contribution in [3.63, 3.8) is 0 Å². The molecule has 2 atom stereocenters. The topological polar surface area (TPSA) is 21.3 Å². The highest BCUT2D eigenvalue weighted by Crippen LogP contribution is 2.38. The second-order valence-corrected chi connectivity index (χ2v) is 6.85. The van der Waals surface area contributed by atoms with Crippen LogP contribution in [-0.4, -0.2) is 18.8 Å². The summed E-state index contributed by atoms with van der Waals surface area (Å²) in [5.41, 5.74) is 1.47. The van der Waals surface area contributed by atoms with Gasteiger partial charge in [0.15, 0.2) is 0 Å². The summed E-state index contributed by atoms with van der Waals surface area (Å²) in [5, 5.41) is 3.71. The molecular weight excluding hydrogens is 230 g/mol. The van der Waals surface area contributed by atoms with E-state index in [-0.39, 0.29) is 0 Å². The fraction of sp³-hybridized carbons (Fsp3) is 0.714. The molecule has 94 valence electrons. The number of hydrogen-bond acceptors (Lipinski definition) is 3. The SMILES string of the molecule is Cc1cc(CNC2CCOC2C2CC2)c(C)s1. The van der Waals surface area contributed by atoms with E-state index in [1.165, 1.54) is 34.6 Å². The molecule has 3 rings (SSSR count). The molecule has 0 radical (unpaired) electrons. The zero-order valence-corrected chi connectivity index (χ0v) is 11.5. The Bertz CT molecular complexity index is 397. The smallest absolute Gasteiger partial charge is 0.0757 e. The van der Waals surface area contributed by atoms with Crippen molar-refractivity contribution in [2.24, 2.45) is 5.92 Å². The summed E-state index contributed by atoms with van der Waals surface area (Å²) >= 11 is 1.90. The van der Waals surface area contributed by atoms with Gasteiger partial charge in [0.25, 0.3) is 0 Å². The second-order valence-electron chi connectivity index (χ2n) is 5.39. The molecular formula is C14H21NOS. The molecule has 3 heteroatoms. The Morgan fingerprint density at radius 1 is 1.35 bits per heavy atom. The van der Waals surface area contributed by atoms with E-state index in [2.05, 4.69) is 25.2 Å². The lowest BCUT2D eigenvalue weighted by atomic mass is 10.1. The van der Waals surface area contributed by atoms with Gasteiger partial charge in [0, 0.05) is 28.9 Å². The van der Waals surface area contributed by atoms with Crippen molar-refractivity contribution in [1.29, 1.82) is 0 Å². The third-order valence-electron chi connectivity index (χ3n) is 3.92. The van der Waals surface area contributed by atoms with Crippen molar-refractivity contribution in [1.82, 2.24) is 5.32 Å². The molecule has 2 heterocycles. The summed E-state index contributed by atoms with van der Waals surface area (Å²) in [6, 6.07) is 2.90. The molecule has 2 fully saturated rings. The van der Waals surface area contributed by atoms with Crippen LogP contribution in [0.3, 0.4) is 0 Å². The van der Waals surface area contributed by atoms with Gasteiger partial charge in [0.1, 0.15) is 0 Å². The van der Waals surface area contributed by atoms with E-state index in [1.54, 1.807) is 0 Å². The molecule has 0 aromatic carbocycles. The van der Waals surface area contributed by atoms with Crippen molar-refractivity contribution in [2.75, 3.05) is 6.61 Å². The summed E-state index contributed by atoms with van der Waals surface area (Å²) in [6.45, 7) is 6.36. The predicted octanol–water partition coefficient (Wildman–Crippen LogP) is 3.02. The lowest BCUT2D eigenvalue weighted by Crippen LogP contribution is -2.37. The van der Waals surface area contributed by atoms with Crippen LogP contribution in [0, 0.1) is 19.8 Å². The monoisotopic (exact) mass is 251 g/mol. The highest BCUT2D eigenvalue weighted by atomic mass is 32.1. The third-order valence-corrected chi connectivity index (χ3v) is 4.93. The Hall–Kier alpha value is -0.380. The van der Waals surface area contributed by atoms with Crippen LogP contribution in [-0.2, 0) is 11.3 Å². The summed E-state index contributed by atoms with van der Waals surface area (Å²) in [4.78, 5) is 2.87. The number of nitrogens with one attached hydrogen (secondary N) is 1. The van der Waals surface area contributed by atoms with Crippen LogP contribution in [0.25, 0.3) is 0 Å². The second kappa shape index (κ2) is 4.71. The highest BCUT2D eigenvalue weighted by Gasteiger charge is 2.40. The Balaban J connectivity index is 1.58. The Kier molecular flexibility index (Phi) is 3.24. The van der Waals surface area contributed by atoms with E-state index < -0.39 is 0 Å². The quantitative estimate of drug-likeness (QED) is 0.888. The Morgan fingerprint density at radius 2 is 2.18 bits per heavy atom. The average molecular weight is 251 g/mol. The van der Waals surface area contributed by atoms with Crippen LogP contribution in [0.2, 0.25) is 0 Å². The molecule has 2 nitrogen and oxygen atoms in total. The molecule has 1 aliphatic carbocycles. The number of ether oxygens (including phenoxy) is 1. The van der Waals surface area contributed by atoms with Gasteiger partial charge in [-0.05, 0) is 50.7 Å². The van der Waals surface area contributed by atoms with Crippen molar-refractivity contribution in [3.8, 4) is 0 Å².